The number of rotatable bonds is 4. The van der Waals surface area contributed by atoms with Gasteiger partial charge in [-0.1, -0.05) is 42.5 Å². The van der Waals surface area contributed by atoms with Crippen molar-refractivity contribution in [3.8, 4) is 11.3 Å². The molecule has 3 aromatic rings. The van der Waals surface area contributed by atoms with Gasteiger partial charge in [0.15, 0.2) is 4.80 Å². The van der Waals surface area contributed by atoms with E-state index in [0.29, 0.717) is 0 Å². The lowest BCUT2D eigenvalue weighted by molar-refractivity contribution is 0.800. The van der Waals surface area contributed by atoms with Crippen LogP contribution in [0.25, 0.3) is 11.3 Å². The number of thiazole rings is 1. The Labute approximate surface area is 141 Å². The summed E-state index contributed by atoms with van der Waals surface area (Å²) in [5.41, 5.74) is 5.85. The van der Waals surface area contributed by atoms with Gasteiger partial charge in [0.2, 0.25) is 0 Å². The molecule has 0 unspecified atom stereocenters. The average Bonchev–Trinajstić information content (AvgIpc) is 2.90. The largest absolute Gasteiger partial charge is 0.313 e. The lowest BCUT2D eigenvalue weighted by Crippen LogP contribution is -2.14. The summed E-state index contributed by atoms with van der Waals surface area (Å²) >= 11 is 1.67. The Bertz CT molecular complexity index is 865. The first-order valence-electron chi connectivity index (χ1n) is 7.65. The van der Waals surface area contributed by atoms with Gasteiger partial charge in [-0.25, -0.2) is 4.99 Å². The summed E-state index contributed by atoms with van der Waals surface area (Å²) in [6.07, 6.45) is 1.92. The minimum atomic E-state index is 0.747. The molecule has 0 aliphatic carbocycles. The molecule has 116 valence electrons. The van der Waals surface area contributed by atoms with E-state index in [2.05, 4.69) is 72.8 Å². The highest BCUT2D eigenvalue weighted by Gasteiger charge is 2.06. The smallest absolute Gasteiger partial charge is 0.190 e. The molecular formula is C20H20N2S. The average molecular weight is 320 g/mol. The Morgan fingerprint density at radius 1 is 1.09 bits per heavy atom. The van der Waals surface area contributed by atoms with E-state index in [9.17, 15) is 0 Å². The molecule has 0 radical (unpaired) electrons. The van der Waals surface area contributed by atoms with Gasteiger partial charge in [-0.3, -0.25) is 0 Å². The van der Waals surface area contributed by atoms with Gasteiger partial charge < -0.3 is 4.57 Å². The van der Waals surface area contributed by atoms with Crippen molar-refractivity contribution in [1.29, 1.82) is 0 Å². The summed E-state index contributed by atoms with van der Waals surface area (Å²) in [7, 11) is 0. The Morgan fingerprint density at radius 2 is 1.78 bits per heavy atom. The zero-order valence-corrected chi connectivity index (χ0v) is 14.3. The fourth-order valence-corrected chi connectivity index (χ4v) is 3.63. The van der Waals surface area contributed by atoms with Crippen LogP contribution in [0.2, 0.25) is 0 Å². The van der Waals surface area contributed by atoms with E-state index in [0.717, 1.165) is 17.0 Å². The lowest BCUT2D eigenvalue weighted by Gasteiger charge is -2.06. The molecule has 0 saturated carbocycles. The van der Waals surface area contributed by atoms with E-state index in [1.807, 2.05) is 12.1 Å². The second-order valence-electron chi connectivity index (χ2n) is 5.63. The van der Waals surface area contributed by atoms with Crippen molar-refractivity contribution >= 4 is 17.0 Å². The molecule has 0 fully saturated rings. The number of aromatic nitrogens is 1. The molecule has 1 heterocycles. The normalized spacial score (nSPS) is 11.7. The van der Waals surface area contributed by atoms with Gasteiger partial charge in [-0.2, -0.15) is 0 Å². The molecule has 0 N–H and O–H groups in total. The summed E-state index contributed by atoms with van der Waals surface area (Å²) in [4.78, 5) is 5.86. The van der Waals surface area contributed by atoms with Gasteiger partial charge in [0.05, 0.1) is 11.4 Å². The zero-order chi connectivity index (χ0) is 16.2. The molecule has 0 amide bonds. The second kappa shape index (κ2) is 6.80. The third-order valence-electron chi connectivity index (χ3n) is 3.61. The summed E-state index contributed by atoms with van der Waals surface area (Å²) in [5, 5.41) is 2.17. The van der Waals surface area contributed by atoms with Crippen molar-refractivity contribution in [2.45, 2.75) is 20.4 Å². The minimum absolute atomic E-state index is 0.747. The summed E-state index contributed by atoms with van der Waals surface area (Å²) in [6, 6.07) is 16.8. The molecular weight excluding hydrogens is 300 g/mol. The van der Waals surface area contributed by atoms with E-state index in [4.69, 9.17) is 4.99 Å². The van der Waals surface area contributed by atoms with Crippen LogP contribution >= 0.6 is 11.3 Å². The first-order valence-corrected chi connectivity index (χ1v) is 8.53. The second-order valence-corrected chi connectivity index (χ2v) is 6.46. The molecule has 2 aromatic carbocycles. The van der Waals surface area contributed by atoms with Crippen LogP contribution in [0.3, 0.4) is 0 Å². The minimum Gasteiger partial charge on any atom is -0.313 e. The number of hydrogen-bond donors (Lipinski definition) is 0. The molecule has 3 heteroatoms. The third-order valence-corrected chi connectivity index (χ3v) is 4.47. The van der Waals surface area contributed by atoms with Crippen LogP contribution in [-0.4, -0.2) is 4.57 Å². The van der Waals surface area contributed by atoms with E-state index in [1.165, 1.54) is 22.4 Å². The SMILES string of the molecule is C=CCn1c(-c2ccccc2)csc1=Nc1cc(C)cc(C)c1. The van der Waals surface area contributed by atoms with Gasteiger partial charge in [0.25, 0.3) is 0 Å². The Hall–Kier alpha value is -2.39. The van der Waals surface area contributed by atoms with E-state index in [1.54, 1.807) is 11.3 Å². The maximum Gasteiger partial charge on any atom is 0.190 e. The number of hydrogen-bond acceptors (Lipinski definition) is 2. The van der Waals surface area contributed by atoms with Crippen LogP contribution in [0.5, 0.6) is 0 Å². The van der Waals surface area contributed by atoms with Crippen LogP contribution in [-0.2, 0) is 6.54 Å². The molecule has 3 rings (SSSR count). The lowest BCUT2D eigenvalue weighted by atomic mass is 10.1. The van der Waals surface area contributed by atoms with Gasteiger partial charge in [0.1, 0.15) is 0 Å². The van der Waals surface area contributed by atoms with Crippen LogP contribution < -0.4 is 4.80 Å². The fraction of sp³-hybridized carbons (Fsp3) is 0.150. The Balaban J connectivity index is 2.14. The van der Waals surface area contributed by atoms with Crippen molar-refractivity contribution in [3.63, 3.8) is 0 Å². The standard InChI is InChI=1S/C20H20N2S/c1-4-10-22-19(17-8-6-5-7-9-17)14-23-20(22)21-18-12-15(2)11-16(3)13-18/h4-9,11-14H,1,10H2,2-3H3. The summed E-state index contributed by atoms with van der Waals surface area (Å²) < 4.78 is 2.21. The summed E-state index contributed by atoms with van der Waals surface area (Å²) in [5.74, 6) is 0. The van der Waals surface area contributed by atoms with Gasteiger partial charge in [-0.15, -0.1) is 17.9 Å². The highest BCUT2D eigenvalue weighted by Crippen LogP contribution is 2.21. The molecule has 23 heavy (non-hydrogen) atoms. The predicted octanol–water partition coefficient (Wildman–Crippen LogP) is 5.25. The van der Waals surface area contributed by atoms with Crippen LogP contribution in [0.4, 0.5) is 5.69 Å². The van der Waals surface area contributed by atoms with Gasteiger partial charge >= 0.3 is 0 Å². The molecule has 0 saturated heterocycles. The third kappa shape index (κ3) is 3.51. The van der Waals surface area contributed by atoms with E-state index >= 15 is 0 Å². The van der Waals surface area contributed by atoms with Crippen molar-refractivity contribution in [2.24, 2.45) is 4.99 Å². The first kappa shape index (κ1) is 15.5. The number of nitrogens with zero attached hydrogens (tertiary/aromatic N) is 2. The van der Waals surface area contributed by atoms with Gasteiger partial charge in [0, 0.05) is 11.9 Å². The quantitative estimate of drug-likeness (QED) is 0.584. The molecule has 0 aliphatic heterocycles. The number of aryl methyl sites for hydroxylation is 2. The highest BCUT2D eigenvalue weighted by molar-refractivity contribution is 7.07. The van der Waals surface area contributed by atoms with E-state index < -0.39 is 0 Å². The van der Waals surface area contributed by atoms with Crippen molar-refractivity contribution in [2.75, 3.05) is 0 Å². The van der Waals surface area contributed by atoms with Crippen LogP contribution in [0, 0.1) is 13.8 Å². The highest BCUT2D eigenvalue weighted by atomic mass is 32.1. The Kier molecular flexibility index (Phi) is 4.58. The molecule has 0 aliphatic rings. The van der Waals surface area contributed by atoms with Crippen molar-refractivity contribution in [1.82, 2.24) is 4.57 Å². The predicted molar refractivity (Wildman–Crippen MR) is 99.1 cm³/mol. The number of allylic oxidation sites excluding steroid dienone is 1. The zero-order valence-electron chi connectivity index (χ0n) is 13.5. The molecule has 0 atom stereocenters. The Morgan fingerprint density at radius 3 is 2.43 bits per heavy atom. The molecule has 2 nitrogen and oxygen atoms in total. The topological polar surface area (TPSA) is 17.3 Å². The van der Waals surface area contributed by atoms with E-state index in [-0.39, 0.29) is 0 Å². The van der Waals surface area contributed by atoms with Crippen molar-refractivity contribution < 1.29 is 0 Å². The maximum absolute atomic E-state index is 4.86. The molecule has 1 aromatic heterocycles. The molecule has 0 spiro atoms. The number of benzene rings is 2. The van der Waals surface area contributed by atoms with Crippen molar-refractivity contribution in [3.05, 3.63) is 82.5 Å². The van der Waals surface area contributed by atoms with Crippen LogP contribution in [0.1, 0.15) is 11.1 Å². The first-order chi connectivity index (χ1) is 11.2. The maximum atomic E-state index is 4.86. The monoisotopic (exact) mass is 320 g/mol. The fourth-order valence-electron chi connectivity index (χ4n) is 2.69. The molecule has 0 bridgehead atoms. The summed E-state index contributed by atoms with van der Waals surface area (Å²) in [6.45, 7) is 8.85. The van der Waals surface area contributed by atoms with Gasteiger partial charge in [-0.05, 0) is 42.7 Å². The van der Waals surface area contributed by atoms with Crippen LogP contribution in [0.15, 0.2) is 71.6 Å².